The molecular formula is C19H27NO4Si. The van der Waals surface area contributed by atoms with Crippen molar-refractivity contribution in [2.45, 2.75) is 51.6 Å². The number of fused-ring (bicyclic) bond motifs is 3. The molecule has 0 saturated carbocycles. The van der Waals surface area contributed by atoms with Crippen molar-refractivity contribution in [3.05, 3.63) is 29.8 Å². The van der Waals surface area contributed by atoms with Crippen LogP contribution in [-0.4, -0.2) is 32.6 Å². The first-order valence-electron chi connectivity index (χ1n) is 8.69. The minimum absolute atomic E-state index is 0.111. The van der Waals surface area contributed by atoms with Gasteiger partial charge in [-0.25, -0.2) is 4.79 Å². The number of nitrogens with zero attached hydrogens (tertiary/aromatic N) is 1. The summed E-state index contributed by atoms with van der Waals surface area (Å²) < 4.78 is 19.6. The van der Waals surface area contributed by atoms with Crippen molar-refractivity contribution in [2.24, 2.45) is 0 Å². The lowest BCUT2D eigenvalue weighted by molar-refractivity contribution is 0.0485. The first kappa shape index (κ1) is 18.0. The van der Waals surface area contributed by atoms with Crippen molar-refractivity contribution >= 4 is 25.2 Å². The Balaban J connectivity index is 2.15. The fraction of sp³-hybridized carbons (Fsp3) is 0.526. The number of methoxy groups -OCH3 is 1. The maximum atomic E-state index is 12.4. The zero-order valence-corrected chi connectivity index (χ0v) is 16.9. The van der Waals surface area contributed by atoms with E-state index in [2.05, 4.69) is 33.9 Å². The molecule has 3 rings (SSSR count). The number of esters is 1. The second-order valence-corrected chi connectivity index (χ2v) is 12.8. The number of benzene rings is 1. The number of rotatable bonds is 3. The van der Waals surface area contributed by atoms with Gasteiger partial charge in [0.25, 0.3) is 0 Å². The predicted molar refractivity (Wildman–Crippen MR) is 101 cm³/mol. The van der Waals surface area contributed by atoms with Gasteiger partial charge in [0.15, 0.2) is 8.32 Å². The van der Waals surface area contributed by atoms with Gasteiger partial charge in [-0.3, -0.25) is 4.57 Å². The summed E-state index contributed by atoms with van der Waals surface area (Å²) in [6, 6.07) is 7.82. The lowest BCUT2D eigenvalue weighted by Gasteiger charge is -2.41. The number of hydrogen-bond donors (Lipinski definition) is 0. The van der Waals surface area contributed by atoms with Crippen molar-refractivity contribution in [2.75, 3.05) is 13.7 Å². The highest BCUT2D eigenvalue weighted by Crippen LogP contribution is 2.44. The third-order valence-electron chi connectivity index (χ3n) is 5.38. The molecule has 0 spiro atoms. The van der Waals surface area contributed by atoms with Crippen molar-refractivity contribution in [3.8, 4) is 5.88 Å². The number of carbonyl (C=O) groups is 1. The van der Waals surface area contributed by atoms with E-state index in [1.807, 2.05) is 28.8 Å². The summed E-state index contributed by atoms with van der Waals surface area (Å²) in [5.74, 6) is 0.181. The van der Waals surface area contributed by atoms with Gasteiger partial charge in [-0.2, -0.15) is 0 Å². The van der Waals surface area contributed by atoms with Crippen LogP contribution in [0, 0.1) is 0 Å². The summed E-state index contributed by atoms with van der Waals surface area (Å²) in [5.41, 5.74) is 1.43. The summed E-state index contributed by atoms with van der Waals surface area (Å²) in [5, 5.41) is 0.953. The SMILES string of the molecule is COC(=O)c1c2n(c3ccccc13)C(O[Si](C)(C)C(C)(C)C)CCO2. The maximum Gasteiger partial charge on any atom is 0.344 e. The molecule has 0 amide bonds. The lowest BCUT2D eigenvalue weighted by atomic mass is 10.2. The molecule has 0 radical (unpaired) electrons. The third kappa shape index (κ3) is 2.98. The van der Waals surface area contributed by atoms with Gasteiger partial charge >= 0.3 is 5.97 Å². The normalized spacial score (nSPS) is 17.9. The Kier molecular flexibility index (Phi) is 4.45. The predicted octanol–water partition coefficient (Wildman–Crippen LogP) is 4.73. The molecule has 25 heavy (non-hydrogen) atoms. The van der Waals surface area contributed by atoms with Crippen LogP contribution in [0.4, 0.5) is 0 Å². The van der Waals surface area contributed by atoms with E-state index < -0.39 is 8.32 Å². The van der Waals surface area contributed by atoms with E-state index in [0.29, 0.717) is 18.1 Å². The minimum Gasteiger partial charge on any atom is -0.478 e. The van der Waals surface area contributed by atoms with Crippen LogP contribution in [0.3, 0.4) is 0 Å². The van der Waals surface area contributed by atoms with E-state index >= 15 is 0 Å². The molecule has 1 unspecified atom stereocenters. The van der Waals surface area contributed by atoms with Crippen LogP contribution in [-0.2, 0) is 9.16 Å². The molecule has 1 aromatic heterocycles. The summed E-state index contributed by atoms with van der Waals surface area (Å²) in [6.07, 6.45) is 0.631. The monoisotopic (exact) mass is 361 g/mol. The summed E-state index contributed by atoms with van der Waals surface area (Å²) >= 11 is 0. The van der Waals surface area contributed by atoms with E-state index in [4.69, 9.17) is 13.9 Å². The van der Waals surface area contributed by atoms with Crippen LogP contribution in [0.5, 0.6) is 5.88 Å². The van der Waals surface area contributed by atoms with Crippen LogP contribution in [0.25, 0.3) is 10.9 Å². The molecule has 1 aromatic carbocycles. The Morgan fingerprint density at radius 2 is 1.96 bits per heavy atom. The average molecular weight is 362 g/mol. The van der Waals surface area contributed by atoms with Crippen LogP contribution >= 0.6 is 0 Å². The zero-order valence-electron chi connectivity index (χ0n) is 15.9. The molecule has 0 N–H and O–H groups in total. The molecule has 136 valence electrons. The van der Waals surface area contributed by atoms with Crippen LogP contribution in [0.15, 0.2) is 24.3 Å². The Bertz CT molecular complexity index is 804. The number of ether oxygens (including phenoxy) is 2. The summed E-state index contributed by atoms with van der Waals surface area (Å²) in [4.78, 5) is 12.4. The topological polar surface area (TPSA) is 49.7 Å². The van der Waals surface area contributed by atoms with Crippen LogP contribution in [0.1, 0.15) is 43.8 Å². The molecule has 0 bridgehead atoms. The highest BCUT2D eigenvalue weighted by atomic mass is 28.4. The third-order valence-corrected chi connectivity index (χ3v) is 9.86. The van der Waals surface area contributed by atoms with Crippen molar-refractivity contribution in [3.63, 3.8) is 0 Å². The molecule has 0 aliphatic carbocycles. The molecule has 6 heteroatoms. The van der Waals surface area contributed by atoms with E-state index in [1.54, 1.807) is 0 Å². The molecule has 1 atom stereocenters. The van der Waals surface area contributed by atoms with Gasteiger partial charge in [0, 0.05) is 11.8 Å². The second kappa shape index (κ2) is 6.18. The van der Waals surface area contributed by atoms with Gasteiger partial charge in [0.05, 0.1) is 19.2 Å². The Labute approximate surface area is 150 Å². The fourth-order valence-corrected chi connectivity index (χ4v) is 4.24. The van der Waals surface area contributed by atoms with Crippen molar-refractivity contribution in [1.82, 2.24) is 4.57 Å². The summed E-state index contributed by atoms with van der Waals surface area (Å²) in [6.45, 7) is 11.7. The molecule has 1 aliphatic rings. The highest BCUT2D eigenvalue weighted by molar-refractivity contribution is 6.74. The maximum absolute atomic E-state index is 12.4. The molecule has 0 saturated heterocycles. The van der Waals surface area contributed by atoms with Gasteiger partial charge < -0.3 is 13.9 Å². The molecule has 5 nitrogen and oxygen atoms in total. The van der Waals surface area contributed by atoms with Gasteiger partial charge in [-0.05, 0) is 24.2 Å². The van der Waals surface area contributed by atoms with Gasteiger partial charge in [0.2, 0.25) is 5.88 Å². The highest BCUT2D eigenvalue weighted by Gasteiger charge is 2.41. The first-order valence-corrected chi connectivity index (χ1v) is 11.6. The Hall–Kier alpha value is -1.79. The molecule has 2 heterocycles. The molecule has 2 aromatic rings. The van der Waals surface area contributed by atoms with E-state index in [0.717, 1.165) is 17.3 Å². The average Bonchev–Trinajstić information content (AvgIpc) is 2.88. The standard InChI is InChI=1S/C19H27NO4Si/c1-19(2,3)25(5,6)24-15-11-12-23-17-16(18(21)22-4)13-9-7-8-10-14(13)20(15)17/h7-10,15H,11-12H2,1-6H3. The zero-order chi connectivity index (χ0) is 18.4. The van der Waals surface area contributed by atoms with Crippen molar-refractivity contribution < 1.29 is 18.7 Å². The van der Waals surface area contributed by atoms with E-state index in [9.17, 15) is 4.79 Å². The molecular weight excluding hydrogens is 334 g/mol. The van der Waals surface area contributed by atoms with Crippen LogP contribution in [0.2, 0.25) is 18.1 Å². The number of hydrogen-bond acceptors (Lipinski definition) is 4. The number of aromatic nitrogens is 1. The van der Waals surface area contributed by atoms with Gasteiger partial charge in [0.1, 0.15) is 11.8 Å². The van der Waals surface area contributed by atoms with Gasteiger partial charge in [-0.1, -0.05) is 39.0 Å². The van der Waals surface area contributed by atoms with Crippen LogP contribution < -0.4 is 4.74 Å². The quantitative estimate of drug-likeness (QED) is 0.586. The lowest BCUT2D eigenvalue weighted by Crippen LogP contribution is -2.43. The van der Waals surface area contributed by atoms with E-state index in [-0.39, 0.29) is 17.2 Å². The number of carbonyl (C=O) groups excluding carboxylic acids is 1. The number of para-hydroxylation sites is 1. The van der Waals surface area contributed by atoms with E-state index in [1.165, 1.54) is 7.11 Å². The second-order valence-electron chi connectivity index (χ2n) is 8.03. The fourth-order valence-electron chi connectivity index (χ4n) is 2.98. The molecule has 1 aliphatic heterocycles. The minimum atomic E-state index is -1.97. The summed E-state index contributed by atoms with van der Waals surface area (Å²) in [7, 11) is -0.571. The molecule has 0 fully saturated rings. The Morgan fingerprint density at radius 1 is 1.28 bits per heavy atom. The van der Waals surface area contributed by atoms with Gasteiger partial charge in [-0.15, -0.1) is 0 Å². The smallest absolute Gasteiger partial charge is 0.344 e. The van der Waals surface area contributed by atoms with Crippen molar-refractivity contribution in [1.29, 1.82) is 0 Å². The Morgan fingerprint density at radius 3 is 2.60 bits per heavy atom. The largest absolute Gasteiger partial charge is 0.478 e. The first-order chi connectivity index (χ1) is 11.7.